The lowest BCUT2D eigenvalue weighted by Gasteiger charge is -2.25. The molecule has 2 fully saturated rings. The van der Waals surface area contributed by atoms with E-state index < -0.39 is 17.7 Å². The normalized spacial score (nSPS) is 30.8. The van der Waals surface area contributed by atoms with Crippen molar-refractivity contribution >= 4 is 15.9 Å². The number of rotatable bonds is 3. The smallest absolute Gasteiger partial charge is 0.132 e. The van der Waals surface area contributed by atoms with Crippen LogP contribution in [0.5, 0.6) is 0 Å². The summed E-state index contributed by atoms with van der Waals surface area (Å²) in [7, 11) is 0. The maximum atomic E-state index is 13.9. The maximum absolute atomic E-state index is 13.9. The van der Waals surface area contributed by atoms with Crippen LogP contribution in [0.25, 0.3) is 0 Å². The molecule has 2 aliphatic rings. The van der Waals surface area contributed by atoms with E-state index in [0.29, 0.717) is 16.8 Å². The standard InChI is InChI=1S/C15H18BrF2N/c16-11-6-12(17)15(13(18)7-11)14(19)5-10-4-8-1-2-9(10)3-8/h6-10,14H,1-5,19H2. The molecule has 4 unspecified atom stereocenters. The summed E-state index contributed by atoms with van der Waals surface area (Å²) in [6.45, 7) is 0. The highest BCUT2D eigenvalue weighted by Crippen LogP contribution is 2.50. The molecule has 4 atom stereocenters. The minimum absolute atomic E-state index is 0.0472. The number of fused-ring (bicyclic) bond motifs is 2. The van der Waals surface area contributed by atoms with Crippen LogP contribution in [0.2, 0.25) is 0 Å². The van der Waals surface area contributed by atoms with Crippen LogP contribution in [0.15, 0.2) is 16.6 Å². The number of hydrogen-bond donors (Lipinski definition) is 1. The van der Waals surface area contributed by atoms with Gasteiger partial charge < -0.3 is 5.73 Å². The number of benzene rings is 1. The molecule has 1 aromatic rings. The van der Waals surface area contributed by atoms with E-state index in [1.54, 1.807) is 0 Å². The molecule has 0 amide bonds. The Bertz CT molecular complexity index is 468. The summed E-state index contributed by atoms with van der Waals surface area (Å²) in [5.74, 6) is 1.04. The second-order valence-corrected chi connectivity index (χ2v) is 6.98. The van der Waals surface area contributed by atoms with Crippen LogP contribution in [-0.4, -0.2) is 0 Å². The topological polar surface area (TPSA) is 26.0 Å². The highest BCUT2D eigenvalue weighted by molar-refractivity contribution is 9.10. The molecule has 0 spiro atoms. The van der Waals surface area contributed by atoms with Crippen molar-refractivity contribution in [1.29, 1.82) is 0 Å². The second-order valence-electron chi connectivity index (χ2n) is 6.06. The molecule has 2 N–H and O–H groups in total. The van der Waals surface area contributed by atoms with Crippen LogP contribution in [0.3, 0.4) is 0 Å². The van der Waals surface area contributed by atoms with E-state index in [2.05, 4.69) is 15.9 Å². The first-order chi connectivity index (χ1) is 9.04. The highest BCUT2D eigenvalue weighted by atomic mass is 79.9. The van der Waals surface area contributed by atoms with Crippen LogP contribution in [0, 0.1) is 29.4 Å². The molecule has 1 aromatic carbocycles. The summed E-state index contributed by atoms with van der Waals surface area (Å²) in [4.78, 5) is 0. The summed E-state index contributed by atoms with van der Waals surface area (Å²) >= 11 is 3.09. The highest BCUT2D eigenvalue weighted by Gasteiger charge is 2.40. The molecular formula is C15H18BrF2N. The van der Waals surface area contributed by atoms with Crippen molar-refractivity contribution in [3.05, 3.63) is 33.8 Å². The lowest BCUT2D eigenvalue weighted by atomic mass is 9.83. The molecule has 2 saturated carbocycles. The van der Waals surface area contributed by atoms with E-state index in [0.717, 1.165) is 11.8 Å². The monoisotopic (exact) mass is 329 g/mol. The van der Waals surface area contributed by atoms with Crippen LogP contribution in [0.1, 0.15) is 43.7 Å². The fraction of sp³-hybridized carbons (Fsp3) is 0.600. The van der Waals surface area contributed by atoms with Crippen molar-refractivity contribution in [2.24, 2.45) is 23.5 Å². The van der Waals surface area contributed by atoms with Crippen molar-refractivity contribution in [2.75, 3.05) is 0 Å². The molecule has 104 valence electrons. The summed E-state index contributed by atoms with van der Waals surface area (Å²) in [6.07, 6.45) is 5.79. The maximum Gasteiger partial charge on any atom is 0.132 e. The molecule has 0 aromatic heterocycles. The predicted molar refractivity (Wildman–Crippen MR) is 74.5 cm³/mol. The van der Waals surface area contributed by atoms with Gasteiger partial charge in [0.2, 0.25) is 0 Å². The Labute approximate surface area is 120 Å². The van der Waals surface area contributed by atoms with E-state index in [1.807, 2.05) is 0 Å². The average molecular weight is 330 g/mol. The first-order valence-corrected chi connectivity index (χ1v) is 7.74. The van der Waals surface area contributed by atoms with Crippen molar-refractivity contribution < 1.29 is 8.78 Å². The van der Waals surface area contributed by atoms with Gasteiger partial charge in [0.25, 0.3) is 0 Å². The quantitative estimate of drug-likeness (QED) is 0.864. The summed E-state index contributed by atoms with van der Waals surface area (Å²) < 4.78 is 28.2. The van der Waals surface area contributed by atoms with Gasteiger partial charge in [0.15, 0.2) is 0 Å². The van der Waals surface area contributed by atoms with E-state index in [-0.39, 0.29) is 5.56 Å². The van der Waals surface area contributed by atoms with Gasteiger partial charge in [0.05, 0.1) is 0 Å². The first kappa shape index (κ1) is 13.5. The first-order valence-electron chi connectivity index (χ1n) is 6.94. The van der Waals surface area contributed by atoms with E-state index in [9.17, 15) is 8.78 Å². The van der Waals surface area contributed by atoms with Crippen LogP contribution >= 0.6 is 15.9 Å². The minimum Gasteiger partial charge on any atom is -0.324 e. The largest absolute Gasteiger partial charge is 0.324 e. The van der Waals surface area contributed by atoms with Crippen molar-refractivity contribution in [1.82, 2.24) is 0 Å². The van der Waals surface area contributed by atoms with E-state index in [1.165, 1.54) is 37.8 Å². The van der Waals surface area contributed by atoms with Gasteiger partial charge in [-0.15, -0.1) is 0 Å². The van der Waals surface area contributed by atoms with E-state index in [4.69, 9.17) is 5.73 Å². The van der Waals surface area contributed by atoms with Crippen LogP contribution in [-0.2, 0) is 0 Å². The zero-order valence-electron chi connectivity index (χ0n) is 10.7. The fourth-order valence-corrected chi connectivity index (χ4v) is 4.42. The molecule has 0 saturated heterocycles. The fourth-order valence-electron chi connectivity index (χ4n) is 4.02. The zero-order chi connectivity index (χ0) is 13.6. The SMILES string of the molecule is NC(CC1CC2CCC1C2)c1c(F)cc(Br)cc1F. The third-order valence-electron chi connectivity index (χ3n) is 4.86. The Balaban J connectivity index is 1.75. The van der Waals surface area contributed by atoms with Gasteiger partial charge in [0, 0.05) is 16.1 Å². The van der Waals surface area contributed by atoms with E-state index >= 15 is 0 Å². The summed E-state index contributed by atoms with van der Waals surface area (Å²) in [5, 5.41) is 0. The number of nitrogens with two attached hydrogens (primary N) is 1. The van der Waals surface area contributed by atoms with Gasteiger partial charge in [-0.05, 0) is 55.6 Å². The van der Waals surface area contributed by atoms with Crippen molar-refractivity contribution in [2.45, 2.75) is 38.1 Å². The second kappa shape index (κ2) is 5.13. The molecule has 3 rings (SSSR count). The molecule has 0 heterocycles. The number of hydrogen-bond acceptors (Lipinski definition) is 1. The van der Waals surface area contributed by atoms with Crippen molar-refractivity contribution in [3.63, 3.8) is 0 Å². The molecule has 1 nitrogen and oxygen atoms in total. The summed E-state index contributed by atoms with van der Waals surface area (Å²) in [6, 6.07) is 2.05. The van der Waals surface area contributed by atoms with Crippen LogP contribution in [0.4, 0.5) is 8.78 Å². The molecule has 4 heteroatoms. The van der Waals surface area contributed by atoms with Gasteiger partial charge in [-0.1, -0.05) is 22.4 Å². The molecule has 2 bridgehead atoms. The predicted octanol–water partition coefficient (Wildman–Crippen LogP) is 4.55. The molecular weight excluding hydrogens is 312 g/mol. The molecule has 2 aliphatic carbocycles. The number of halogens is 3. The average Bonchev–Trinajstić information content (AvgIpc) is 2.89. The van der Waals surface area contributed by atoms with Crippen LogP contribution < -0.4 is 5.73 Å². The van der Waals surface area contributed by atoms with Gasteiger partial charge in [0.1, 0.15) is 11.6 Å². The Morgan fingerprint density at radius 1 is 1.21 bits per heavy atom. The third kappa shape index (κ3) is 2.57. The van der Waals surface area contributed by atoms with Gasteiger partial charge in [-0.2, -0.15) is 0 Å². The molecule has 0 aliphatic heterocycles. The van der Waals surface area contributed by atoms with Crippen molar-refractivity contribution in [3.8, 4) is 0 Å². The molecule has 0 radical (unpaired) electrons. The minimum atomic E-state index is -0.539. The van der Waals surface area contributed by atoms with Gasteiger partial charge in [-0.3, -0.25) is 0 Å². The Hall–Kier alpha value is -0.480. The lowest BCUT2D eigenvalue weighted by molar-refractivity contribution is 0.292. The third-order valence-corrected chi connectivity index (χ3v) is 5.31. The Kier molecular flexibility index (Phi) is 3.65. The van der Waals surface area contributed by atoms with Gasteiger partial charge in [-0.25, -0.2) is 8.78 Å². The Morgan fingerprint density at radius 3 is 2.42 bits per heavy atom. The summed E-state index contributed by atoms with van der Waals surface area (Å²) in [5.41, 5.74) is 6.11. The lowest BCUT2D eigenvalue weighted by Crippen LogP contribution is -2.21. The molecule has 19 heavy (non-hydrogen) atoms. The zero-order valence-corrected chi connectivity index (χ0v) is 12.3. The Morgan fingerprint density at radius 2 is 1.89 bits per heavy atom. The van der Waals surface area contributed by atoms with Gasteiger partial charge >= 0.3 is 0 Å².